The Kier molecular flexibility index (Phi) is 4.14. The average molecular weight is 281 g/mol. The zero-order valence-electron chi connectivity index (χ0n) is 11.2. The monoisotopic (exact) mass is 281 g/mol. The highest BCUT2D eigenvalue weighted by atomic mass is 32.2. The van der Waals surface area contributed by atoms with E-state index < -0.39 is 0 Å². The fourth-order valence-electron chi connectivity index (χ4n) is 1.90. The molecule has 5 heteroatoms. The number of nitrogens with two attached hydrogens (primary N) is 1. The van der Waals surface area contributed by atoms with Gasteiger partial charge in [-0.1, -0.05) is 11.8 Å². The van der Waals surface area contributed by atoms with Crippen molar-refractivity contribution in [2.75, 3.05) is 0 Å². The molecule has 0 saturated carbocycles. The lowest BCUT2D eigenvalue weighted by Crippen LogP contribution is -2.22. The number of thiophene rings is 1. The quantitative estimate of drug-likeness (QED) is 0.875. The minimum atomic E-state index is 0.113. The number of aromatic nitrogens is 2. The molecular formula is C13H19N3S2. The van der Waals surface area contributed by atoms with Gasteiger partial charge in [-0.15, -0.1) is 11.3 Å². The van der Waals surface area contributed by atoms with Crippen LogP contribution in [0.4, 0.5) is 0 Å². The van der Waals surface area contributed by atoms with E-state index in [-0.39, 0.29) is 6.04 Å². The molecule has 0 fully saturated rings. The maximum absolute atomic E-state index is 6.16. The highest BCUT2D eigenvalue weighted by Gasteiger charge is 2.22. The second-order valence-corrected chi connectivity index (χ2v) is 6.72. The first-order chi connectivity index (χ1) is 8.49. The van der Waals surface area contributed by atoms with Gasteiger partial charge in [-0.05, 0) is 43.8 Å². The van der Waals surface area contributed by atoms with Gasteiger partial charge in [0.15, 0.2) is 0 Å². The molecule has 2 aromatic rings. The lowest BCUT2D eigenvalue weighted by atomic mass is 10.1. The van der Waals surface area contributed by atoms with Gasteiger partial charge in [-0.2, -0.15) is 5.10 Å². The number of rotatable bonds is 4. The van der Waals surface area contributed by atoms with Gasteiger partial charge < -0.3 is 5.73 Å². The summed E-state index contributed by atoms with van der Waals surface area (Å²) in [4.78, 5) is 1.37. The van der Waals surface area contributed by atoms with Crippen LogP contribution >= 0.6 is 23.1 Å². The summed E-state index contributed by atoms with van der Waals surface area (Å²) in [5.41, 5.74) is 8.53. The number of hydrogen-bond donors (Lipinski definition) is 1. The topological polar surface area (TPSA) is 43.8 Å². The first-order valence-corrected chi connectivity index (χ1v) is 7.72. The van der Waals surface area contributed by atoms with Crippen LogP contribution in [0.1, 0.15) is 28.3 Å². The van der Waals surface area contributed by atoms with Crippen LogP contribution < -0.4 is 5.73 Å². The summed E-state index contributed by atoms with van der Waals surface area (Å²) in [6, 6.07) is 4.38. The van der Waals surface area contributed by atoms with Crippen molar-refractivity contribution in [2.45, 2.75) is 37.1 Å². The van der Waals surface area contributed by atoms with Crippen LogP contribution in [0.25, 0.3) is 0 Å². The van der Waals surface area contributed by atoms with Crippen LogP contribution in [-0.4, -0.2) is 15.8 Å². The van der Waals surface area contributed by atoms with Crippen molar-refractivity contribution >= 4 is 23.1 Å². The van der Waals surface area contributed by atoms with E-state index >= 15 is 0 Å². The van der Waals surface area contributed by atoms with Gasteiger partial charge >= 0.3 is 0 Å². The van der Waals surface area contributed by atoms with Crippen molar-refractivity contribution in [3.63, 3.8) is 0 Å². The fourth-order valence-corrected chi connectivity index (χ4v) is 4.43. The molecule has 0 bridgehead atoms. The van der Waals surface area contributed by atoms with Gasteiger partial charge in [0, 0.05) is 18.0 Å². The lowest BCUT2D eigenvalue weighted by molar-refractivity contribution is 0.681. The molecule has 0 aliphatic heterocycles. The van der Waals surface area contributed by atoms with Crippen LogP contribution in [-0.2, 0) is 7.05 Å². The van der Waals surface area contributed by atoms with Gasteiger partial charge in [-0.25, -0.2) is 0 Å². The number of nitrogens with zero attached hydrogens (tertiary/aromatic N) is 2. The lowest BCUT2D eigenvalue weighted by Gasteiger charge is -2.20. The molecule has 0 aromatic carbocycles. The molecule has 2 heterocycles. The van der Waals surface area contributed by atoms with Gasteiger partial charge in [0.2, 0.25) is 0 Å². The van der Waals surface area contributed by atoms with Crippen molar-refractivity contribution in [1.82, 2.24) is 9.78 Å². The zero-order chi connectivity index (χ0) is 13.3. The standard InChI is InChI=1S/C13H19N3S2/c1-8-5-6-17-12(8)13(10(3)14)18-11-7-9(2)15-16(11)4/h5-7,10,13H,14H2,1-4H3. The molecule has 0 aliphatic rings. The van der Waals surface area contributed by atoms with Crippen LogP contribution in [0.3, 0.4) is 0 Å². The first-order valence-electron chi connectivity index (χ1n) is 5.96. The van der Waals surface area contributed by atoms with Gasteiger partial charge in [-0.3, -0.25) is 4.68 Å². The maximum Gasteiger partial charge on any atom is 0.0946 e. The summed E-state index contributed by atoms with van der Waals surface area (Å²) in [5.74, 6) is 0. The number of hydrogen-bond acceptors (Lipinski definition) is 4. The summed E-state index contributed by atoms with van der Waals surface area (Å²) in [7, 11) is 1.98. The smallest absolute Gasteiger partial charge is 0.0946 e. The van der Waals surface area contributed by atoms with E-state index in [1.54, 1.807) is 23.1 Å². The minimum Gasteiger partial charge on any atom is -0.327 e. The zero-order valence-corrected chi connectivity index (χ0v) is 12.8. The highest BCUT2D eigenvalue weighted by Crippen LogP contribution is 2.40. The van der Waals surface area contributed by atoms with Crippen molar-refractivity contribution in [3.8, 4) is 0 Å². The molecule has 2 N–H and O–H groups in total. The molecule has 0 radical (unpaired) electrons. The van der Waals surface area contributed by atoms with Crippen LogP contribution in [0.15, 0.2) is 22.5 Å². The molecule has 2 unspecified atom stereocenters. The van der Waals surface area contributed by atoms with Crippen molar-refractivity contribution in [3.05, 3.63) is 33.6 Å². The predicted molar refractivity (Wildman–Crippen MR) is 79.2 cm³/mol. The Bertz CT molecular complexity index is 528. The summed E-state index contributed by atoms with van der Waals surface area (Å²) in [5, 5.41) is 7.98. The molecule has 2 aromatic heterocycles. The largest absolute Gasteiger partial charge is 0.327 e. The van der Waals surface area contributed by atoms with Gasteiger partial charge in [0.25, 0.3) is 0 Å². The third-order valence-corrected chi connectivity index (χ3v) is 5.64. The molecule has 0 spiro atoms. The Labute approximate surface area is 116 Å². The average Bonchev–Trinajstić information content (AvgIpc) is 2.81. The van der Waals surface area contributed by atoms with Crippen molar-refractivity contribution in [1.29, 1.82) is 0 Å². The maximum atomic E-state index is 6.16. The second-order valence-electron chi connectivity index (χ2n) is 4.61. The Hall–Kier alpha value is -0.780. The van der Waals surface area contributed by atoms with Crippen molar-refractivity contribution in [2.24, 2.45) is 12.8 Å². The molecule has 0 amide bonds. The van der Waals surface area contributed by atoms with E-state index in [1.165, 1.54) is 15.5 Å². The summed E-state index contributed by atoms with van der Waals surface area (Å²) in [6.07, 6.45) is 0. The highest BCUT2D eigenvalue weighted by molar-refractivity contribution is 7.99. The molecule has 0 aliphatic carbocycles. The third kappa shape index (κ3) is 2.79. The van der Waals surface area contributed by atoms with Gasteiger partial charge in [0.05, 0.1) is 16.0 Å². The third-order valence-electron chi connectivity index (χ3n) is 2.84. The molecular weight excluding hydrogens is 262 g/mol. The molecule has 2 rings (SSSR count). The van der Waals surface area contributed by atoms with E-state index in [9.17, 15) is 0 Å². The normalized spacial score (nSPS) is 14.7. The van der Waals surface area contributed by atoms with E-state index in [0.29, 0.717) is 5.25 Å². The van der Waals surface area contributed by atoms with Gasteiger partial charge in [0.1, 0.15) is 0 Å². The Morgan fingerprint density at radius 2 is 2.17 bits per heavy atom. The van der Waals surface area contributed by atoms with Crippen molar-refractivity contribution < 1.29 is 0 Å². The summed E-state index contributed by atoms with van der Waals surface area (Å²) in [6.45, 7) is 6.23. The Morgan fingerprint density at radius 1 is 1.44 bits per heavy atom. The minimum absolute atomic E-state index is 0.113. The second kappa shape index (κ2) is 5.47. The van der Waals surface area contributed by atoms with E-state index in [0.717, 1.165) is 5.69 Å². The first kappa shape index (κ1) is 13.6. The fraction of sp³-hybridized carbons (Fsp3) is 0.462. The van der Waals surface area contributed by atoms with E-state index in [2.05, 4.69) is 36.5 Å². The molecule has 2 atom stereocenters. The number of thioether (sulfide) groups is 1. The molecule has 3 nitrogen and oxygen atoms in total. The predicted octanol–water partition coefficient (Wildman–Crippen LogP) is 3.28. The molecule has 0 saturated heterocycles. The summed E-state index contributed by atoms with van der Waals surface area (Å²) < 4.78 is 1.93. The summed E-state index contributed by atoms with van der Waals surface area (Å²) >= 11 is 3.59. The van der Waals surface area contributed by atoms with Crippen LogP contribution in [0.5, 0.6) is 0 Å². The molecule has 98 valence electrons. The van der Waals surface area contributed by atoms with Crippen LogP contribution in [0, 0.1) is 13.8 Å². The SMILES string of the molecule is Cc1cc(SC(c2sccc2C)C(C)N)n(C)n1. The molecule has 18 heavy (non-hydrogen) atoms. The Morgan fingerprint density at radius 3 is 2.61 bits per heavy atom. The van der Waals surface area contributed by atoms with Crippen LogP contribution in [0.2, 0.25) is 0 Å². The van der Waals surface area contributed by atoms with E-state index in [1.807, 2.05) is 18.7 Å². The number of aryl methyl sites for hydroxylation is 3. The Balaban J connectivity index is 2.28. The van der Waals surface area contributed by atoms with E-state index in [4.69, 9.17) is 5.73 Å².